The van der Waals surface area contributed by atoms with Crippen molar-refractivity contribution in [3.8, 4) is 0 Å². The quantitative estimate of drug-likeness (QED) is 0.648. The summed E-state index contributed by atoms with van der Waals surface area (Å²) in [4.78, 5) is 7.30. The molecule has 17 heavy (non-hydrogen) atoms. The smallest absolute Gasteiger partial charge is 0.165 e. The van der Waals surface area contributed by atoms with E-state index in [1.165, 1.54) is 12.8 Å². The number of H-pyrrole nitrogens is 1. The maximum absolute atomic E-state index is 9.76. The summed E-state index contributed by atoms with van der Waals surface area (Å²) in [6.07, 6.45) is 6.03. The highest BCUT2D eigenvalue weighted by Gasteiger charge is 2.45. The number of aromatic amines is 1. The van der Waals surface area contributed by atoms with E-state index in [0.717, 1.165) is 10.9 Å². The zero-order chi connectivity index (χ0) is 12.3. The minimum absolute atomic E-state index is 0.147. The molecule has 4 nitrogen and oxygen atoms in total. The lowest BCUT2D eigenvalue weighted by atomic mass is 9.95. The van der Waals surface area contributed by atoms with Crippen LogP contribution in [0.5, 0.6) is 0 Å². The molecule has 2 rings (SSSR count). The number of hydrogen-bond donors (Lipinski definition) is 3. The molecule has 0 aromatic carbocycles. The Morgan fingerprint density at radius 1 is 1.65 bits per heavy atom. The van der Waals surface area contributed by atoms with Crippen LogP contribution in [-0.2, 0) is 0 Å². The summed E-state index contributed by atoms with van der Waals surface area (Å²) >= 11 is 1.68. The summed E-state index contributed by atoms with van der Waals surface area (Å²) in [5, 5.41) is 14.2. The predicted molar refractivity (Wildman–Crippen MR) is 70.1 cm³/mol. The van der Waals surface area contributed by atoms with Gasteiger partial charge in [-0.1, -0.05) is 25.6 Å². The SMILES string of the molecule is CC(C)NC(CO)(CSc1ncc[nH]1)C1CC1. The number of aliphatic hydroxyl groups is 1. The van der Waals surface area contributed by atoms with E-state index >= 15 is 0 Å². The molecule has 0 spiro atoms. The highest BCUT2D eigenvalue weighted by atomic mass is 32.2. The average Bonchev–Trinajstić information content (AvgIpc) is 3.02. The van der Waals surface area contributed by atoms with E-state index in [4.69, 9.17) is 0 Å². The van der Waals surface area contributed by atoms with Crippen molar-refractivity contribution in [3.05, 3.63) is 12.4 Å². The van der Waals surface area contributed by atoms with Gasteiger partial charge >= 0.3 is 0 Å². The average molecular weight is 255 g/mol. The van der Waals surface area contributed by atoms with E-state index in [1.807, 2.05) is 6.20 Å². The van der Waals surface area contributed by atoms with E-state index in [0.29, 0.717) is 12.0 Å². The molecule has 1 aromatic heterocycles. The Labute approximate surface area is 107 Å². The van der Waals surface area contributed by atoms with Crippen molar-refractivity contribution in [2.24, 2.45) is 5.92 Å². The van der Waals surface area contributed by atoms with Crippen LogP contribution in [0.15, 0.2) is 17.6 Å². The Morgan fingerprint density at radius 3 is 2.88 bits per heavy atom. The number of rotatable bonds is 7. The van der Waals surface area contributed by atoms with Crippen LogP contribution in [0.1, 0.15) is 26.7 Å². The van der Waals surface area contributed by atoms with Crippen molar-refractivity contribution in [2.45, 2.75) is 43.4 Å². The second kappa shape index (κ2) is 5.42. The van der Waals surface area contributed by atoms with E-state index in [9.17, 15) is 5.11 Å². The Bertz CT molecular complexity index is 338. The van der Waals surface area contributed by atoms with E-state index in [2.05, 4.69) is 29.1 Å². The van der Waals surface area contributed by atoms with Crippen LogP contribution >= 0.6 is 11.8 Å². The number of nitrogens with zero attached hydrogens (tertiary/aromatic N) is 1. The summed E-state index contributed by atoms with van der Waals surface area (Å²) in [5.74, 6) is 1.47. The van der Waals surface area contributed by atoms with Gasteiger partial charge in [0.2, 0.25) is 0 Å². The van der Waals surface area contributed by atoms with Crippen molar-refractivity contribution in [2.75, 3.05) is 12.4 Å². The lowest BCUT2D eigenvalue weighted by Crippen LogP contribution is -2.55. The Balaban J connectivity index is 1.99. The molecule has 1 unspecified atom stereocenters. The van der Waals surface area contributed by atoms with Gasteiger partial charge in [0, 0.05) is 24.2 Å². The molecular weight excluding hydrogens is 234 g/mol. The molecule has 0 amide bonds. The molecule has 1 aliphatic carbocycles. The molecule has 3 N–H and O–H groups in total. The third kappa shape index (κ3) is 3.24. The van der Waals surface area contributed by atoms with Gasteiger partial charge in [-0.3, -0.25) is 0 Å². The third-order valence-electron chi connectivity index (χ3n) is 3.16. The van der Waals surface area contributed by atoms with Gasteiger partial charge in [-0.25, -0.2) is 4.98 Å². The Morgan fingerprint density at radius 2 is 2.41 bits per heavy atom. The van der Waals surface area contributed by atoms with Gasteiger partial charge in [0.25, 0.3) is 0 Å². The van der Waals surface area contributed by atoms with Gasteiger partial charge in [-0.15, -0.1) is 0 Å². The van der Waals surface area contributed by atoms with Crippen LogP contribution in [0, 0.1) is 5.92 Å². The largest absolute Gasteiger partial charge is 0.394 e. The molecule has 1 atom stereocenters. The summed E-state index contributed by atoms with van der Waals surface area (Å²) in [6, 6.07) is 0.389. The van der Waals surface area contributed by atoms with Crippen LogP contribution in [0.3, 0.4) is 0 Å². The van der Waals surface area contributed by atoms with Crippen molar-refractivity contribution in [3.63, 3.8) is 0 Å². The first-order valence-corrected chi connectivity index (χ1v) is 7.15. The monoisotopic (exact) mass is 255 g/mol. The minimum atomic E-state index is -0.147. The zero-order valence-corrected chi connectivity index (χ0v) is 11.3. The lowest BCUT2D eigenvalue weighted by molar-refractivity contribution is 0.150. The molecular formula is C12H21N3OS. The number of imidazole rings is 1. The highest BCUT2D eigenvalue weighted by molar-refractivity contribution is 7.99. The molecule has 5 heteroatoms. The second-order valence-corrected chi connectivity index (χ2v) is 6.03. The molecule has 96 valence electrons. The van der Waals surface area contributed by atoms with E-state index in [-0.39, 0.29) is 12.1 Å². The Hall–Kier alpha value is -0.520. The van der Waals surface area contributed by atoms with Gasteiger partial charge in [0.1, 0.15) is 0 Å². The van der Waals surface area contributed by atoms with E-state index in [1.54, 1.807) is 18.0 Å². The first-order chi connectivity index (χ1) is 8.16. The second-order valence-electron chi connectivity index (χ2n) is 5.07. The van der Waals surface area contributed by atoms with Gasteiger partial charge < -0.3 is 15.4 Å². The fraction of sp³-hybridized carbons (Fsp3) is 0.750. The van der Waals surface area contributed by atoms with Crippen LogP contribution in [-0.4, -0.2) is 39.0 Å². The number of nitrogens with one attached hydrogen (secondary N) is 2. The fourth-order valence-corrected chi connectivity index (χ4v) is 3.33. The number of aliphatic hydroxyl groups excluding tert-OH is 1. The lowest BCUT2D eigenvalue weighted by Gasteiger charge is -2.35. The summed E-state index contributed by atoms with van der Waals surface area (Å²) in [6.45, 7) is 4.46. The summed E-state index contributed by atoms with van der Waals surface area (Å²) in [7, 11) is 0. The number of hydrogen-bond acceptors (Lipinski definition) is 4. The van der Waals surface area contributed by atoms with Crippen LogP contribution < -0.4 is 5.32 Å². The molecule has 0 radical (unpaired) electrons. The number of thioether (sulfide) groups is 1. The molecule has 1 heterocycles. The summed E-state index contributed by atoms with van der Waals surface area (Å²) < 4.78 is 0. The van der Waals surface area contributed by atoms with Gasteiger partial charge in [-0.2, -0.15) is 0 Å². The first kappa shape index (κ1) is 12.9. The first-order valence-electron chi connectivity index (χ1n) is 6.17. The molecule has 0 bridgehead atoms. The maximum Gasteiger partial charge on any atom is 0.165 e. The van der Waals surface area contributed by atoms with Crippen molar-refractivity contribution < 1.29 is 5.11 Å². The molecule has 1 aliphatic rings. The predicted octanol–water partition coefficient (Wildman–Crippen LogP) is 1.64. The zero-order valence-electron chi connectivity index (χ0n) is 10.4. The number of aromatic nitrogens is 2. The van der Waals surface area contributed by atoms with Gasteiger partial charge in [-0.05, 0) is 18.8 Å². The summed E-state index contributed by atoms with van der Waals surface area (Å²) in [5.41, 5.74) is -0.147. The molecule has 0 aliphatic heterocycles. The van der Waals surface area contributed by atoms with E-state index < -0.39 is 0 Å². The van der Waals surface area contributed by atoms with Crippen molar-refractivity contribution in [1.82, 2.24) is 15.3 Å². The van der Waals surface area contributed by atoms with Crippen molar-refractivity contribution >= 4 is 11.8 Å². The maximum atomic E-state index is 9.76. The fourth-order valence-electron chi connectivity index (χ4n) is 2.24. The van der Waals surface area contributed by atoms with Crippen LogP contribution in [0.4, 0.5) is 0 Å². The van der Waals surface area contributed by atoms with Crippen LogP contribution in [0.2, 0.25) is 0 Å². The molecule has 1 aromatic rings. The minimum Gasteiger partial charge on any atom is -0.394 e. The standard InChI is InChI=1S/C12H21N3OS/c1-9(2)15-12(7-16,10-3-4-10)8-17-11-13-5-6-14-11/h5-6,9-10,15-16H,3-4,7-8H2,1-2H3,(H,13,14). The Kier molecular flexibility index (Phi) is 4.12. The van der Waals surface area contributed by atoms with Crippen molar-refractivity contribution in [1.29, 1.82) is 0 Å². The van der Waals surface area contributed by atoms with Gasteiger partial charge in [0.05, 0.1) is 12.1 Å². The third-order valence-corrected chi connectivity index (χ3v) is 4.31. The molecule has 1 saturated carbocycles. The molecule has 1 fully saturated rings. The normalized spacial score (nSPS) is 19.5. The van der Waals surface area contributed by atoms with Crippen LogP contribution in [0.25, 0.3) is 0 Å². The molecule has 0 saturated heterocycles. The highest BCUT2D eigenvalue weighted by Crippen LogP contribution is 2.42. The van der Waals surface area contributed by atoms with Gasteiger partial charge in [0.15, 0.2) is 5.16 Å². The topological polar surface area (TPSA) is 60.9 Å².